The molecular weight excluding hydrogens is 468 g/mol. The van der Waals surface area contributed by atoms with Gasteiger partial charge in [0, 0.05) is 12.8 Å². The van der Waals surface area contributed by atoms with E-state index in [2.05, 4.69) is 16.0 Å². The van der Waals surface area contributed by atoms with Crippen molar-refractivity contribution in [3.8, 4) is 0 Å². The average molecular weight is 503 g/mol. The van der Waals surface area contributed by atoms with E-state index in [0.29, 0.717) is 6.42 Å². The van der Waals surface area contributed by atoms with Gasteiger partial charge in [0.15, 0.2) is 0 Å². The molecule has 0 aliphatic rings. The highest BCUT2D eigenvalue weighted by Gasteiger charge is 2.32. The zero-order valence-electron chi connectivity index (χ0n) is 19.6. The van der Waals surface area contributed by atoms with Crippen LogP contribution in [0.3, 0.4) is 0 Å². The first kappa shape index (κ1) is 31.2. The Hall–Kier alpha value is -3.75. The molecule has 11 N–H and O–H groups in total. The maximum atomic E-state index is 12.9. The Labute approximate surface area is 201 Å². The summed E-state index contributed by atoms with van der Waals surface area (Å²) in [7, 11) is 0. The number of hydrogen-bond donors (Lipinski definition) is 8. The Morgan fingerprint density at radius 2 is 1.26 bits per heavy atom. The van der Waals surface area contributed by atoms with Crippen molar-refractivity contribution in [2.24, 2.45) is 23.1 Å². The van der Waals surface area contributed by atoms with E-state index in [-0.39, 0.29) is 12.8 Å². The minimum Gasteiger partial charge on any atom is -0.481 e. The SMILES string of the molecule is CCC(C)C(NC(=O)C(CCC(=O)O)NC(=O)C(CCC(N)=O)NC(=O)C(N)CC(N)=O)C(=O)O. The number of hydrogen-bond acceptors (Lipinski definition) is 8. The standard InChI is InChI=1S/C20H34N6O9/c1-3-9(2)16(20(34)35)26-19(33)12(5-7-15(29)30)25-18(32)11(4-6-13(22)27)24-17(31)10(21)8-14(23)28/h9-12,16H,3-8,21H2,1-2H3,(H2,22,27)(H2,23,28)(H,24,31)(H,25,32)(H,26,33)(H,29,30)(H,34,35). The second-order valence-corrected chi connectivity index (χ2v) is 8.05. The molecule has 0 saturated heterocycles. The molecular formula is C20H34N6O9. The lowest BCUT2D eigenvalue weighted by Gasteiger charge is -2.26. The van der Waals surface area contributed by atoms with E-state index in [4.69, 9.17) is 22.3 Å². The van der Waals surface area contributed by atoms with E-state index in [1.165, 1.54) is 0 Å². The van der Waals surface area contributed by atoms with Crippen LogP contribution in [-0.2, 0) is 33.6 Å². The van der Waals surface area contributed by atoms with Crippen LogP contribution in [0, 0.1) is 5.92 Å². The molecule has 15 heteroatoms. The van der Waals surface area contributed by atoms with Crippen LogP contribution in [0.2, 0.25) is 0 Å². The topological polar surface area (TPSA) is 274 Å². The summed E-state index contributed by atoms with van der Waals surface area (Å²) < 4.78 is 0. The molecule has 0 aromatic rings. The molecule has 0 spiro atoms. The van der Waals surface area contributed by atoms with Gasteiger partial charge in [-0.2, -0.15) is 0 Å². The summed E-state index contributed by atoms with van der Waals surface area (Å²) >= 11 is 0. The third-order valence-electron chi connectivity index (χ3n) is 5.13. The van der Waals surface area contributed by atoms with Crippen LogP contribution in [0.25, 0.3) is 0 Å². The van der Waals surface area contributed by atoms with Crippen molar-refractivity contribution in [2.45, 2.75) is 76.5 Å². The van der Waals surface area contributed by atoms with Gasteiger partial charge < -0.3 is 43.4 Å². The number of carbonyl (C=O) groups is 7. The first-order valence-corrected chi connectivity index (χ1v) is 10.9. The Balaban J connectivity index is 5.70. The zero-order valence-corrected chi connectivity index (χ0v) is 19.6. The van der Waals surface area contributed by atoms with Gasteiger partial charge in [0.25, 0.3) is 0 Å². The van der Waals surface area contributed by atoms with Crippen LogP contribution >= 0.6 is 0 Å². The largest absolute Gasteiger partial charge is 0.481 e. The van der Waals surface area contributed by atoms with Gasteiger partial charge in [0.05, 0.1) is 12.5 Å². The van der Waals surface area contributed by atoms with Gasteiger partial charge in [0.2, 0.25) is 29.5 Å². The lowest BCUT2D eigenvalue weighted by molar-refractivity contribution is -0.144. The minimum absolute atomic E-state index is 0.298. The first-order valence-electron chi connectivity index (χ1n) is 10.9. The fourth-order valence-corrected chi connectivity index (χ4v) is 2.89. The van der Waals surface area contributed by atoms with Crippen molar-refractivity contribution < 1.29 is 43.8 Å². The Morgan fingerprint density at radius 3 is 1.69 bits per heavy atom. The van der Waals surface area contributed by atoms with Crippen molar-refractivity contribution in [3.63, 3.8) is 0 Å². The van der Waals surface area contributed by atoms with Crippen LogP contribution in [0.5, 0.6) is 0 Å². The van der Waals surface area contributed by atoms with Gasteiger partial charge in [-0.3, -0.25) is 28.8 Å². The number of carbonyl (C=O) groups excluding carboxylic acids is 5. The summed E-state index contributed by atoms with van der Waals surface area (Å²) in [6.45, 7) is 3.31. The van der Waals surface area contributed by atoms with E-state index in [1.807, 2.05) is 0 Å². The van der Waals surface area contributed by atoms with Crippen LogP contribution in [0.4, 0.5) is 0 Å². The number of rotatable bonds is 17. The first-order chi connectivity index (χ1) is 16.2. The lowest BCUT2D eigenvalue weighted by atomic mass is 9.98. The molecule has 0 heterocycles. The van der Waals surface area contributed by atoms with E-state index < -0.39 is 90.8 Å². The van der Waals surface area contributed by atoms with E-state index in [0.717, 1.165) is 0 Å². The number of primary amides is 2. The minimum atomic E-state index is -1.48. The molecule has 0 radical (unpaired) electrons. The normalized spacial score (nSPS) is 14.9. The van der Waals surface area contributed by atoms with Gasteiger partial charge in [-0.25, -0.2) is 4.79 Å². The number of nitrogens with two attached hydrogens (primary N) is 3. The van der Waals surface area contributed by atoms with E-state index in [9.17, 15) is 38.7 Å². The number of carboxylic acid groups (broad SMARTS) is 2. The number of amides is 5. The third-order valence-corrected chi connectivity index (χ3v) is 5.13. The Kier molecular flexibility index (Phi) is 13.6. The average Bonchev–Trinajstić information content (AvgIpc) is 2.75. The number of nitrogens with one attached hydrogen (secondary N) is 3. The molecule has 35 heavy (non-hydrogen) atoms. The Morgan fingerprint density at radius 1 is 0.771 bits per heavy atom. The molecule has 5 amide bonds. The van der Waals surface area contributed by atoms with Crippen molar-refractivity contribution in [1.29, 1.82) is 0 Å². The number of aliphatic carboxylic acids is 2. The number of carboxylic acids is 2. The molecule has 0 saturated carbocycles. The van der Waals surface area contributed by atoms with Crippen LogP contribution in [0.15, 0.2) is 0 Å². The molecule has 0 aromatic carbocycles. The molecule has 5 atom stereocenters. The summed E-state index contributed by atoms with van der Waals surface area (Å²) in [5, 5.41) is 25.2. The molecule has 15 nitrogen and oxygen atoms in total. The third kappa shape index (κ3) is 12.3. The zero-order chi connectivity index (χ0) is 27.3. The maximum absolute atomic E-state index is 12.9. The molecule has 0 aliphatic carbocycles. The summed E-state index contributed by atoms with van der Waals surface area (Å²) in [4.78, 5) is 82.6. The molecule has 0 bridgehead atoms. The highest BCUT2D eigenvalue weighted by molar-refractivity contribution is 5.95. The van der Waals surface area contributed by atoms with Crippen LogP contribution in [-0.4, -0.2) is 75.9 Å². The summed E-state index contributed by atoms with van der Waals surface area (Å²) in [5.41, 5.74) is 15.7. The lowest BCUT2D eigenvalue weighted by Crippen LogP contribution is -2.58. The van der Waals surface area contributed by atoms with Crippen molar-refractivity contribution in [1.82, 2.24) is 16.0 Å². The summed E-state index contributed by atoms with van der Waals surface area (Å²) in [6.07, 6.45) is -1.68. The monoisotopic (exact) mass is 502 g/mol. The van der Waals surface area contributed by atoms with Gasteiger partial charge >= 0.3 is 11.9 Å². The molecule has 5 unspecified atom stereocenters. The fourth-order valence-electron chi connectivity index (χ4n) is 2.89. The van der Waals surface area contributed by atoms with Crippen LogP contribution < -0.4 is 33.2 Å². The molecule has 198 valence electrons. The maximum Gasteiger partial charge on any atom is 0.326 e. The van der Waals surface area contributed by atoms with Crippen molar-refractivity contribution in [2.75, 3.05) is 0 Å². The van der Waals surface area contributed by atoms with Crippen molar-refractivity contribution >= 4 is 41.5 Å². The fraction of sp³-hybridized carbons (Fsp3) is 0.650. The highest BCUT2D eigenvalue weighted by Crippen LogP contribution is 2.10. The molecule has 0 rings (SSSR count). The smallest absolute Gasteiger partial charge is 0.326 e. The molecule has 0 fully saturated rings. The van der Waals surface area contributed by atoms with E-state index >= 15 is 0 Å². The van der Waals surface area contributed by atoms with Gasteiger partial charge in [0.1, 0.15) is 18.1 Å². The molecule has 0 aromatic heterocycles. The quantitative estimate of drug-likeness (QED) is 0.0991. The summed E-state index contributed by atoms with van der Waals surface area (Å²) in [6, 6.07) is -5.60. The Bertz CT molecular complexity index is 819. The highest BCUT2D eigenvalue weighted by atomic mass is 16.4. The van der Waals surface area contributed by atoms with Gasteiger partial charge in [-0.05, 0) is 18.8 Å². The van der Waals surface area contributed by atoms with Crippen LogP contribution in [0.1, 0.15) is 52.4 Å². The van der Waals surface area contributed by atoms with Gasteiger partial charge in [-0.1, -0.05) is 20.3 Å². The second-order valence-electron chi connectivity index (χ2n) is 8.05. The molecule has 0 aliphatic heterocycles. The summed E-state index contributed by atoms with van der Waals surface area (Å²) in [5.74, 6) is -7.59. The van der Waals surface area contributed by atoms with Crippen molar-refractivity contribution in [3.05, 3.63) is 0 Å². The predicted octanol–water partition coefficient (Wildman–Crippen LogP) is -3.10. The second kappa shape index (κ2) is 15.2. The van der Waals surface area contributed by atoms with E-state index in [1.54, 1.807) is 13.8 Å². The van der Waals surface area contributed by atoms with Gasteiger partial charge in [-0.15, -0.1) is 0 Å². The predicted molar refractivity (Wildman–Crippen MR) is 120 cm³/mol.